The third-order valence-electron chi connectivity index (χ3n) is 4.86. The quantitative estimate of drug-likeness (QED) is 0.943. The number of aliphatic imine (C=N–C) groups is 1. The molecule has 0 aliphatic carbocycles. The van der Waals surface area contributed by atoms with E-state index in [9.17, 15) is 4.39 Å². The number of benzene rings is 1. The van der Waals surface area contributed by atoms with E-state index in [0.717, 1.165) is 54.0 Å². The normalized spacial score (nSPS) is 17.5. The molecule has 4 nitrogen and oxygen atoms in total. The van der Waals surface area contributed by atoms with Gasteiger partial charge in [0.05, 0.1) is 19.3 Å². The first-order valence-corrected chi connectivity index (χ1v) is 8.35. The van der Waals surface area contributed by atoms with Gasteiger partial charge in [-0.3, -0.25) is 9.98 Å². The molecule has 1 fully saturated rings. The van der Waals surface area contributed by atoms with E-state index < -0.39 is 0 Å². The SMILES string of the molecule is COc1ccc(F)cc1-c1ccnc2c1C(C1CCNCC1)=NC2. The molecule has 1 aromatic carbocycles. The molecule has 0 radical (unpaired) electrons. The molecular weight excluding hydrogens is 305 g/mol. The van der Waals surface area contributed by atoms with Crippen molar-refractivity contribution >= 4 is 5.71 Å². The molecule has 2 aliphatic heterocycles. The zero-order valence-electron chi connectivity index (χ0n) is 13.7. The summed E-state index contributed by atoms with van der Waals surface area (Å²) in [6.07, 6.45) is 3.93. The van der Waals surface area contributed by atoms with Crippen molar-refractivity contribution in [2.45, 2.75) is 19.4 Å². The topological polar surface area (TPSA) is 46.5 Å². The predicted octanol–water partition coefficient (Wildman–Crippen LogP) is 3.20. The molecule has 0 spiro atoms. The average molecular weight is 325 g/mol. The molecule has 24 heavy (non-hydrogen) atoms. The molecule has 4 rings (SSSR count). The highest BCUT2D eigenvalue weighted by Gasteiger charge is 2.29. The number of halogens is 1. The van der Waals surface area contributed by atoms with Crippen molar-refractivity contribution < 1.29 is 9.13 Å². The van der Waals surface area contributed by atoms with Crippen molar-refractivity contribution in [2.75, 3.05) is 20.2 Å². The highest BCUT2D eigenvalue weighted by atomic mass is 19.1. The fourth-order valence-electron chi connectivity index (χ4n) is 3.69. The lowest BCUT2D eigenvalue weighted by atomic mass is 9.86. The van der Waals surface area contributed by atoms with Gasteiger partial charge in [-0.05, 0) is 55.8 Å². The number of hydrogen-bond acceptors (Lipinski definition) is 4. The monoisotopic (exact) mass is 325 g/mol. The van der Waals surface area contributed by atoms with Crippen LogP contribution in [0.2, 0.25) is 0 Å². The standard InChI is InChI=1S/C19H20FN3O/c1-24-17-3-2-13(20)10-15(17)14-6-9-22-16-11-23-19(18(14)16)12-4-7-21-8-5-12/h2-3,6,9-10,12,21H,4-5,7-8,11H2,1H3. The van der Waals surface area contributed by atoms with Gasteiger partial charge in [0.25, 0.3) is 0 Å². The first kappa shape index (κ1) is 15.3. The highest BCUT2D eigenvalue weighted by molar-refractivity contribution is 6.10. The van der Waals surface area contributed by atoms with Crippen LogP contribution in [0.15, 0.2) is 35.5 Å². The van der Waals surface area contributed by atoms with Crippen molar-refractivity contribution in [1.29, 1.82) is 0 Å². The number of rotatable bonds is 3. The Balaban J connectivity index is 1.84. The molecule has 2 aromatic rings. The van der Waals surface area contributed by atoms with Crippen LogP contribution < -0.4 is 10.1 Å². The van der Waals surface area contributed by atoms with E-state index in [0.29, 0.717) is 18.2 Å². The molecule has 0 amide bonds. The number of ether oxygens (including phenoxy) is 1. The Morgan fingerprint density at radius 2 is 2.00 bits per heavy atom. The highest BCUT2D eigenvalue weighted by Crippen LogP contribution is 2.38. The van der Waals surface area contributed by atoms with Crippen LogP contribution in [0.3, 0.4) is 0 Å². The second-order valence-corrected chi connectivity index (χ2v) is 6.25. The van der Waals surface area contributed by atoms with E-state index in [1.165, 1.54) is 12.1 Å². The Kier molecular flexibility index (Phi) is 4.02. The zero-order valence-corrected chi connectivity index (χ0v) is 13.7. The summed E-state index contributed by atoms with van der Waals surface area (Å²) < 4.78 is 19.3. The summed E-state index contributed by atoms with van der Waals surface area (Å²) >= 11 is 0. The summed E-state index contributed by atoms with van der Waals surface area (Å²) in [5, 5.41) is 3.39. The van der Waals surface area contributed by atoms with Gasteiger partial charge in [-0.15, -0.1) is 0 Å². The second-order valence-electron chi connectivity index (χ2n) is 6.25. The van der Waals surface area contributed by atoms with Crippen LogP contribution in [0.1, 0.15) is 24.1 Å². The van der Waals surface area contributed by atoms with E-state index in [1.807, 2.05) is 6.07 Å². The second kappa shape index (κ2) is 6.32. The van der Waals surface area contributed by atoms with E-state index in [4.69, 9.17) is 9.73 Å². The van der Waals surface area contributed by atoms with Gasteiger partial charge in [0, 0.05) is 29.0 Å². The number of nitrogens with zero attached hydrogens (tertiary/aromatic N) is 2. The van der Waals surface area contributed by atoms with Crippen molar-refractivity contribution in [3.05, 3.63) is 47.5 Å². The predicted molar refractivity (Wildman–Crippen MR) is 92.0 cm³/mol. The first-order valence-electron chi connectivity index (χ1n) is 8.35. The smallest absolute Gasteiger partial charge is 0.126 e. The Hall–Kier alpha value is -2.27. The van der Waals surface area contributed by atoms with Gasteiger partial charge in [0.15, 0.2) is 0 Å². The summed E-state index contributed by atoms with van der Waals surface area (Å²) in [4.78, 5) is 9.29. The van der Waals surface area contributed by atoms with Crippen LogP contribution in [0.4, 0.5) is 4.39 Å². The Labute approximate surface area is 140 Å². The van der Waals surface area contributed by atoms with Crippen LogP contribution in [0.25, 0.3) is 11.1 Å². The van der Waals surface area contributed by atoms with Crippen molar-refractivity contribution in [3.63, 3.8) is 0 Å². The third kappa shape index (κ3) is 2.59. The molecule has 124 valence electrons. The Morgan fingerprint density at radius 3 is 2.79 bits per heavy atom. The fraction of sp³-hybridized carbons (Fsp3) is 0.368. The number of aromatic nitrogens is 1. The van der Waals surface area contributed by atoms with Gasteiger partial charge >= 0.3 is 0 Å². The lowest BCUT2D eigenvalue weighted by Gasteiger charge is -2.24. The number of fused-ring (bicyclic) bond motifs is 1. The van der Waals surface area contributed by atoms with E-state index >= 15 is 0 Å². The Bertz CT molecular complexity index is 797. The number of piperidine rings is 1. The number of pyridine rings is 1. The van der Waals surface area contributed by atoms with Crippen molar-refractivity contribution in [2.24, 2.45) is 10.9 Å². The van der Waals surface area contributed by atoms with Gasteiger partial charge in [0.2, 0.25) is 0 Å². The van der Waals surface area contributed by atoms with Crippen molar-refractivity contribution in [1.82, 2.24) is 10.3 Å². The molecule has 2 aliphatic rings. The molecule has 5 heteroatoms. The minimum absolute atomic E-state index is 0.269. The lowest BCUT2D eigenvalue weighted by Crippen LogP contribution is -2.32. The molecule has 0 atom stereocenters. The molecule has 1 aromatic heterocycles. The zero-order chi connectivity index (χ0) is 16.5. The summed E-state index contributed by atoms with van der Waals surface area (Å²) in [5.41, 5.74) is 4.91. The van der Waals surface area contributed by atoms with Gasteiger partial charge in [-0.25, -0.2) is 4.39 Å². The average Bonchev–Trinajstić information content (AvgIpc) is 3.06. The first-order chi connectivity index (χ1) is 11.8. The van der Waals surface area contributed by atoms with Crippen LogP contribution in [-0.4, -0.2) is 30.9 Å². The van der Waals surface area contributed by atoms with Crippen LogP contribution in [0, 0.1) is 11.7 Å². The fourth-order valence-corrected chi connectivity index (χ4v) is 3.69. The number of nitrogens with one attached hydrogen (secondary N) is 1. The number of hydrogen-bond donors (Lipinski definition) is 1. The maximum absolute atomic E-state index is 13.9. The molecular formula is C19H20FN3O. The van der Waals surface area contributed by atoms with Crippen LogP contribution >= 0.6 is 0 Å². The van der Waals surface area contributed by atoms with Crippen molar-refractivity contribution in [3.8, 4) is 16.9 Å². The minimum atomic E-state index is -0.269. The van der Waals surface area contributed by atoms with Gasteiger partial charge < -0.3 is 10.1 Å². The molecule has 0 bridgehead atoms. The molecule has 0 saturated carbocycles. The molecule has 3 heterocycles. The minimum Gasteiger partial charge on any atom is -0.496 e. The number of methoxy groups -OCH3 is 1. The van der Waals surface area contributed by atoms with Crippen LogP contribution in [0.5, 0.6) is 5.75 Å². The lowest BCUT2D eigenvalue weighted by molar-refractivity contribution is 0.415. The van der Waals surface area contributed by atoms with E-state index in [1.54, 1.807) is 19.4 Å². The molecule has 0 unspecified atom stereocenters. The van der Waals surface area contributed by atoms with Gasteiger partial charge in [-0.2, -0.15) is 0 Å². The van der Waals surface area contributed by atoms with Crippen LogP contribution in [-0.2, 0) is 6.54 Å². The summed E-state index contributed by atoms with van der Waals surface area (Å²) in [7, 11) is 1.61. The Morgan fingerprint density at radius 1 is 1.17 bits per heavy atom. The maximum atomic E-state index is 13.9. The molecule has 1 saturated heterocycles. The summed E-state index contributed by atoms with van der Waals surface area (Å²) in [5.74, 6) is 0.839. The summed E-state index contributed by atoms with van der Waals surface area (Å²) in [6, 6.07) is 6.57. The van der Waals surface area contributed by atoms with Gasteiger partial charge in [0.1, 0.15) is 11.6 Å². The maximum Gasteiger partial charge on any atom is 0.126 e. The van der Waals surface area contributed by atoms with E-state index in [2.05, 4.69) is 10.3 Å². The third-order valence-corrected chi connectivity index (χ3v) is 4.86. The largest absolute Gasteiger partial charge is 0.496 e. The molecule has 1 N–H and O–H groups in total. The van der Waals surface area contributed by atoms with E-state index in [-0.39, 0.29) is 5.82 Å². The summed E-state index contributed by atoms with van der Waals surface area (Å²) in [6.45, 7) is 2.63. The van der Waals surface area contributed by atoms with Gasteiger partial charge in [-0.1, -0.05) is 0 Å².